The molecule has 0 aromatic rings. The van der Waals surface area contributed by atoms with E-state index in [9.17, 15) is 0 Å². The molecule has 100 valence electrons. The third-order valence-electron chi connectivity index (χ3n) is 4.08. The lowest BCUT2D eigenvalue weighted by Gasteiger charge is -2.27. The standard InChI is InChI=1S/C14H28N2O/c1-16(11-13-5-4-10-17-12-13)9-3-7-14-6-2-8-15-14/h13-15H,2-12H2,1H3. The number of nitrogens with zero attached hydrogens (tertiary/aromatic N) is 1. The highest BCUT2D eigenvalue weighted by atomic mass is 16.5. The molecular formula is C14H28N2O. The van der Waals surface area contributed by atoms with Gasteiger partial charge < -0.3 is 15.0 Å². The zero-order chi connectivity index (χ0) is 11.9. The van der Waals surface area contributed by atoms with Gasteiger partial charge in [-0.05, 0) is 64.6 Å². The molecule has 0 saturated carbocycles. The molecule has 0 bridgehead atoms. The first-order valence-electron chi connectivity index (χ1n) is 7.34. The van der Waals surface area contributed by atoms with E-state index in [1.807, 2.05) is 0 Å². The third kappa shape index (κ3) is 4.94. The first kappa shape index (κ1) is 13.3. The quantitative estimate of drug-likeness (QED) is 0.767. The molecule has 3 heteroatoms. The fourth-order valence-corrected chi connectivity index (χ4v) is 3.09. The van der Waals surface area contributed by atoms with Crippen LogP contribution in [0.1, 0.15) is 38.5 Å². The van der Waals surface area contributed by atoms with Crippen LogP contribution in [-0.4, -0.2) is 50.8 Å². The minimum Gasteiger partial charge on any atom is -0.381 e. The molecule has 1 N–H and O–H groups in total. The van der Waals surface area contributed by atoms with Gasteiger partial charge in [0.05, 0.1) is 6.61 Å². The van der Waals surface area contributed by atoms with Crippen molar-refractivity contribution in [3.63, 3.8) is 0 Å². The molecule has 2 saturated heterocycles. The summed E-state index contributed by atoms with van der Waals surface area (Å²) in [4.78, 5) is 2.49. The Bertz CT molecular complexity index is 198. The summed E-state index contributed by atoms with van der Waals surface area (Å²) < 4.78 is 5.53. The van der Waals surface area contributed by atoms with Gasteiger partial charge in [-0.15, -0.1) is 0 Å². The number of nitrogens with one attached hydrogen (secondary N) is 1. The van der Waals surface area contributed by atoms with Crippen molar-refractivity contribution in [2.45, 2.75) is 44.6 Å². The van der Waals surface area contributed by atoms with E-state index in [1.165, 1.54) is 58.2 Å². The summed E-state index contributed by atoms with van der Waals surface area (Å²) in [7, 11) is 2.26. The van der Waals surface area contributed by atoms with Crippen molar-refractivity contribution < 1.29 is 4.74 Å². The van der Waals surface area contributed by atoms with Gasteiger partial charge in [-0.25, -0.2) is 0 Å². The highest BCUT2D eigenvalue weighted by molar-refractivity contribution is 4.74. The Kier molecular flexibility index (Phi) is 5.75. The Balaban J connectivity index is 1.52. The predicted octanol–water partition coefficient (Wildman–Crippen LogP) is 1.88. The normalized spacial score (nSPS) is 30.0. The minimum atomic E-state index is 0.776. The number of rotatable bonds is 6. The molecular weight excluding hydrogens is 212 g/mol. The van der Waals surface area contributed by atoms with Crippen LogP contribution in [0.25, 0.3) is 0 Å². The summed E-state index contributed by atoms with van der Waals surface area (Å²) in [5.41, 5.74) is 0. The number of hydrogen-bond acceptors (Lipinski definition) is 3. The van der Waals surface area contributed by atoms with Gasteiger partial charge in [0, 0.05) is 19.2 Å². The largest absolute Gasteiger partial charge is 0.381 e. The van der Waals surface area contributed by atoms with E-state index in [4.69, 9.17) is 4.74 Å². The van der Waals surface area contributed by atoms with E-state index in [2.05, 4.69) is 17.3 Å². The summed E-state index contributed by atoms with van der Waals surface area (Å²) in [5.74, 6) is 0.776. The van der Waals surface area contributed by atoms with Crippen LogP contribution in [0.15, 0.2) is 0 Å². The van der Waals surface area contributed by atoms with Crippen LogP contribution >= 0.6 is 0 Å². The number of hydrogen-bond donors (Lipinski definition) is 1. The number of ether oxygens (including phenoxy) is 1. The molecule has 0 aromatic heterocycles. The van der Waals surface area contributed by atoms with E-state index in [0.29, 0.717) is 0 Å². The van der Waals surface area contributed by atoms with E-state index >= 15 is 0 Å². The van der Waals surface area contributed by atoms with Crippen LogP contribution < -0.4 is 5.32 Å². The lowest BCUT2D eigenvalue weighted by molar-refractivity contribution is 0.0418. The smallest absolute Gasteiger partial charge is 0.0506 e. The Morgan fingerprint density at radius 3 is 2.94 bits per heavy atom. The van der Waals surface area contributed by atoms with E-state index in [0.717, 1.165) is 25.2 Å². The molecule has 0 aromatic carbocycles. The summed E-state index contributed by atoms with van der Waals surface area (Å²) in [6.07, 6.45) is 8.06. The van der Waals surface area contributed by atoms with Crippen LogP contribution in [0.5, 0.6) is 0 Å². The Morgan fingerprint density at radius 2 is 2.24 bits per heavy atom. The summed E-state index contributed by atoms with van der Waals surface area (Å²) in [6, 6.07) is 0.807. The van der Waals surface area contributed by atoms with Gasteiger partial charge in [0.25, 0.3) is 0 Å². The highest BCUT2D eigenvalue weighted by Crippen LogP contribution is 2.15. The van der Waals surface area contributed by atoms with Crippen LogP contribution in [-0.2, 0) is 4.74 Å². The van der Waals surface area contributed by atoms with Crippen molar-refractivity contribution in [1.29, 1.82) is 0 Å². The van der Waals surface area contributed by atoms with Gasteiger partial charge in [0.2, 0.25) is 0 Å². The molecule has 2 unspecified atom stereocenters. The fraction of sp³-hybridized carbons (Fsp3) is 1.00. The van der Waals surface area contributed by atoms with Gasteiger partial charge >= 0.3 is 0 Å². The lowest BCUT2D eigenvalue weighted by Crippen LogP contribution is -2.32. The van der Waals surface area contributed by atoms with Crippen molar-refractivity contribution in [1.82, 2.24) is 10.2 Å². The zero-order valence-electron chi connectivity index (χ0n) is 11.3. The first-order valence-corrected chi connectivity index (χ1v) is 7.34. The maximum Gasteiger partial charge on any atom is 0.0506 e. The van der Waals surface area contributed by atoms with E-state index < -0.39 is 0 Å². The molecule has 0 amide bonds. The van der Waals surface area contributed by atoms with Crippen molar-refractivity contribution >= 4 is 0 Å². The molecule has 0 radical (unpaired) electrons. The van der Waals surface area contributed by atoms with Crippen LogP contribution in [0.3, 0.4) is 0 Å². The van der Waals surface area contributed by atoms with Crippen molar-refractivity contribution in [2.24, 2.45) is 5.92 Å². The first-order chi connectivity index (χ1) is 8.34. The minimum absolute atomic E-state index is 0.776. The summed E-state index contributed by atoms with van der Waals surface area (Å²) in [5, 5.41) is 3.57. The molecule has 2 heterocycles. The van der Waals surface area contributed by atoms with Gasteiger partial charge in [0.1, 0.15) is 0 Å². The van der Waals surface area contributed by atoms with Crippen molar-refractivity contribution in [2.75, 3.05) is 39.9 Å². The summed E-state index contributed by atoms with van der Waals surface area (Å²) in [6.45, 7) is 5.66. The predicted molar refractivity (Wildman–Crippen MR) is 71.3 cm³/mol. The SMILES string of the molecule is CN(CCCC1CCCN1)CC1CCCOC1. The maximum absolute atomic E-state index is 5.53. The van der Waals surface area contributed by atoms with Crippen molar-refractivity contribution in [3.05, 3.63) is 0 Å². The molecule has 2 aliphatic heterocycles. The van der Waals surface area contributed by atoms with E-state index in [1.54, 1.807) is 0 Å². The molecule has 2 aliphatic rings. The Labute approximate surface area is 106 Å². The highest BCUT2D eigenvalue weighted by Gasteiger charge is 2.17. The molecule has 17 heavy (non-hydrogen) atoms. The molecule has 0 spiro atoms. The van der Waals surface area contributed by atoms with E-state index in [-0.39, 0.29) is 0 Å². The molecule has 0 aliphatic carbocycles. The second-order valence-electron chi connectivity index (χ2n) is 5.78. The lowest BCUT2D eigenvalue weighted by atomic mass is 10.0. The Morgan fingerprint density at radius 1 is 1.29 bits per heavy atom. The average molecular weight is 240 g/mol. The molecule has 3 nitrogen and oxygen atoms in total. The van der Waals surface area contributed by atoms with Crippen LogP contribution in [0, 0.1) is 5.92 Å². The second kappa shape index (κ2) is 7.34. The fourth-order valence-electron chi connectivity index (χ4n) is 3.09. The molecule has 2 rings (SSSR count). The monoisotopic (exact) mass is 240 g/mol. The summed E-state index contributed by atoms with van der Waals surface area (Å²) >= 11 is 0. The topological polar surface area (TPSA) is 24.5 Å². The van der Waals surface area contributed by atoms with Gasteiger partial charge in [-0.2, -0.15) is 0 Å². The third-order valence-corrected chi connectivity index (χ3v) is 4.08. The van der Waals surface area contributed by atoms with Gasteiger partial charge in [0.15, 0.2) is 0 Å². The zero-order valence-corrected chi connectivity index (χ0v) is 11.3. The average Bonchev–Trinajstić information content (AvgIpc) is 2.83. The van der Waals surface area contributed by atoms with Gasteiger partial charge in [-0.3, -0.25) is 0 Å². The van der Waals surface area contributed by atoms with Crippen LogP contribution in [0.4, 0.5) is 0 Å². The van der Waals surface area contributed by atoms with Crippen LogP contribution in [0.2, 0.25) is 0 Å². The Hall–Kier alpha value is -0.120. The van der Waals surface area contributed by atoms with Crippen molar-refractivity contribution in [3.8, 4) is 0 Å². The van der Waals surface area contributed by atoms with Gasteiger partial charge in [-0.1, -0.05) is 0 Å². The second-order valence-corrected chi connectivity index (χ2v) is 5.78. The molecule has 2 fully saturated rings. The maximum atomic E-state index is 5.53. The molecule has 2 atom stereocenters.